The summed E-state index contributed by atoms with van der Waals surface area (Å²) in [6, 6.07) is 1.83. The monoisotopic (exact) mass is 234 g/mol. The van der Waals surface area contributed by atoms with E-state index in [1.807, 2.05) is 6.08 Å². The summed E-state index contributed by atoms with van der Waals surface area (Å²) in [5, 5.41) is 0. The lowest BCUT2D eigenvalue weighted by Gasteiger charge is -2.50. The third-order valence-corrected chi connectivity index (χ3v) is 5.17. The van der Waals surface area contributed by atoms with Gasteiger partial charge in [0, 0.05) is 25.2 Å². The van der Waals surface area contributed by atoms with Gasteiger partial charge >= 0.3 is 0 Å². The van der Waals surface area contributed by atoms with Crippen LogP contribution >= 0.6 is 0 Å². The van der Waals surface area contributed by atoms with E-state index < -0.39 is 0 Å². The van der Waals surface area contributed by atoms with Crippen molar-refractivity contribution in [2.24, 2.45) is 5.92 Å². The summed E-state index contributed by atoms with van der Waals surface area (Å²) in [6.45, 7) is 8.90. The van der Waals surface area contributed by atoms with E-state index >= 15 is 0 Å². The summed E-state index contributed by atoms with van der Waals surface area (Å²) in [5.41, 5.74) is 0. The first-order chi connectivity index (χ1) is 8.36. The van der Waals surface area contributed by atoms with Crippen molar-refractivity contribution in [1.29, 1.82) is 0 Å². The predicted octanol–water partition coefficient (Wildman–Crippen LogP) is 2.51. The van der Waals surface area contributed by atoms with Crippen molar-refractivity contribution in [3.8, 4) is 0 Å². The number of fused-ring (bicyclic) bond motifs is 3. The average molecular weight is 234 g/mol. The van der Waals surface area contributed by atoms with Crippen molar-refractivity contribution in [2.45, 2.75) is 50.6 Å². The molecule has 0 aromatic heterocycles. The molecule has 4 fully saturated rings. The minimum Gasteiger partial charge on any atom is -0.300 e. The second-order valence-electron chi connectivity index (χ2n) is 6.19. The Kier molecular flexibility index (Phi) is 3.53. The highest BCUT2D eigenvalue weighted by molar-refractivity contribution is 4.93. The summed E-state index contributed by atoms with van der Waals surface area (Å²) in [7, 11) is 0. The highest BCUT2D eigenvalue weighted by Crippen LogP contribution is 2.37. The minimum atomic E-state index is 0.893. The topological polar surface area (TPSA) is 6.48 Å². The molecule has 0 amide bonds. The van der Waals surface area contributed by atoms with Crippen LogP contribution in [0.3, 0.4) is 0 Å². The summed E-state index contributed by atoms with van der Waals surface area (Å²) in [5.74, 6) is 1.03. The molecule has 17 heavy (non-hydrogen) atoms. The lowest BCUT2D eigenvalue weighted by atomic mass is 9.78. The number of piperidine rings is 3. The molecule has 3 aliphatic heterocycles. The first-order valence-corrected chi connectivity index (χ1v) is 7.46. The highest BCUT2D eigenvalue weighted by atomic mass is 15.2. The second kappa shape index (κ2) is 5.11. The number of nitrogens with zero attached hydrogens (tertiary/aromatic N) is 2. The molecule has 0 aromatic rings. The Bertz CT molecular complexity index is 260. The molecule has 2 nitrogen and oxygen atoms in total. The standard InChI is InChI=1S/C15H26N2/c1-2-9-16-10-7-15(8-11-16)17-12-13-3-5-14(17)6-4-13/h2,13-15H,1,3-12H2. The molecular weight excluding hydrogens is 208 g/mol. The Labute approximate surface area is 106 Å². The van der Waals surface area contributed by atoms with Crippen LogP contribution in [0.5, 0.6) is 0 Å². The Morgan fingerprint density at radius 3 is 2.12 bits per heavy atom. The third-order valence-electron chi connectivity index (χ3n) is 5.17. The van der Waals surface area contributed by atoms with E-state index in [0.29, 0.717) is 0 Å². The molecule has 2 heteroatoms. The fourth-order valence-electron chi connectivity index (χ4n) is 4.17. The molecule has 0 N–H and O–H groups in total. The van der Waals surface area contributed by atoms with Crippen LogP contribution in [0.15, 0.2) is 12.7 Å². The lowest BCUT2D eigenvalue weighted by Crippen LogP contribution is -2.55. The molecule has 96 valence electrons. The van der Waals surface area contributed by atoms with Crippen LogP contribution in [0.25, 0.3) is 0 Å². The molecule has 3 saturated heterocycles. The van der Waals surface area contributed by atoms with E-state index in [9.17, 15) is 0 Å². The first-order valence-electron chi connectivity index (χ1n) is 7.46. The SMILES string of the molecule is C=CCN1CCC(N2CC3CCC2CC3)CC1. The molecule has 4 aliphatic rings. The smallest absolute Gasteiger partial charge is 0.0160 e. The molecule has 2 bridgehead atoms. The van der Waals surface area contributed by atoms with Gasteiger partial charge in [0.15, 0.2) is 0 Å². The van der Waals surface area contributed by atoms with Gasteiger partial charge in [0.2, 0.25) is 0 Å². The summed E-state index contributed by atoms with van der Waals surface area (Å²) in [6.07, 6.45) is 10.8. The van der Waals surface area contributed by atoms with Crippen LogP contribution in [-0.4, -0.2) is 48.1 Å². The molecule has 1 aliphatic carbocycles. The maximum absolute atomic E-state index is 3.84. The lowest BCUT2D eigenvalue weighted by molar-refractivity contribution is -0.00737. The van der Waals surface area contributed by atoms with Gasteiger partial charge in [0.1, 0.15) is 0 Å². The van der Waals surface area contributed by atoms with Gasteiger partial charge in [-0.1, -0.05) is 6.08 Å². The van der Waals surface area contributed by atoms with Crippen LogP contribution in [0, 0.1) is 5.92 Å². The van der Waals surface area contributed by atoms with Crippen LogP contribution < -0.4 is 0 Å². The van der Waals surface area contributed by atoms with Crippen LogP contribution in [-0.2, 0) is 0 Å². The molecule has 0 aromatic carbocycles. The zero-order valence-corrected chi connectivity index (χ0v) is 11.0. The van der Waals surface area contributed by atoms with Gasteiger partial charge in [0.25, 0.3) is 0 Å². The molecular formula is C15H26N2. The van der Waals surface area contributed by atoms with E-state index in [2.05, 4.69) is 16.4 Å². The normalized spacial score (nSPS) is 36.2. The molecule has 3 heterocycles. The van der Waals surface area contributed by atoms with Gasteiger partial charge in [-0.05, 0) is 57.5 Å². The molecule has 0 radical (unpaired) electrons. The van der Waals surface area contributed by atoms with Crippen molar-refractivity contribution in [1.82, 2.24) is 9.80 Å². The fraction of sp³-hybridized carbons (Fsp3) is 0.867. The zero-order chi connectivity index (χ0) is 11.7. The van der Waals surface area contributed by atoms with Crippen molar-refractivity contribution >= 4 is 0 Å². The van der Waals surface area contributed by atoms with Gasteiger partial charge in [-0.15, -0.1) is 6.58 Å². The maximum Gasteiger partial charge on any atom is 0.0160 e. The zero-order valence-electron chi connectivity index (χ0n) is 11.0. The Balaban J connectivity index is 1.54. The largest absolute Gasteiger partial charge is 0.300 e. The third kappa shape index (κ3) is 2.43. The fourth-order valence-corrected chi connectivity index (χ4v) is 4.17. The van der Waals surface area contributed by atoms with E-state index in [1.54, 1.807) is 0 Å². The van der Waals surface area contributed by atoms with Crippen LogP contribution in [0.1, 0.15) is 38.5 Å². The Morgan fingerprint density at radius 1 is 0.941 bits per heavy atom. The quantitative estimate of drug-likeness (QED) is 0.692. The number of hydrogen-bond donors (Lipinski definition) is 0. The van der Waals surface area contributed by atoms with E-state index in [0.717, 1.165) is 24.5 Å². The summed E-state index contributed by atoms with van der Waals surface area (Å²) in [4.78, 5) is 5.43. The minimum absolute atomic E-state index is 0.893. The molecule has 1 saturated carbocycles. The highest BCUT2D eigenvalue weighted by Gasteiger charge is 2.37. The molecule has 0 atom stereocenters. The number of rotatable bonds is 3. The molecule has 0 unspecified atom stereocenters. The van der Waals surface area contributed by atoms with E-state index in [4.69, 9.17) is 0 Å². The number of hydrogen-bond acceptors (Lipinski definition) is 2. The van der Waals surface area contributed by atoms with Gasteiger partial charge in [0.05, 0.1) is 0 Å². The van der Waals surface area contributed by atoms with Gasteiger partial charge < -0.3 is 0 Å². The Hall–Kier alpha value is -0.340. The number of likely N-dealkylation sites (tertiary alicyclic amines) is 1. The summed E-state index contributed by atoms with van der Waals surface area (Å²) < 4.78 is 0. The van der Waals surface area contributed by atoms with Crippen molar-refractivity contribution in [2.75, 3.05) is 26.2 Å². The molecule has 0 spiro atoms. The second-order valence-corrected chi connectivity index (χ2v) is 6.19. The van der Waals surface area contributed by atoms with Crippen molar-refractivity contribution in [3.05, 3.63) is 12.7 Å². The maximum atomic E-state index is 3.84. The van der Waals surface area contributed by atoms with E-state index in [1.165, 1.54) is 58.2 Å². The van der Waals surface area contributed by atoms with Gasteiger partial charge in [-0.2, -0.15) is 0 Å². The van der Waals surface area contributed by atoms with Crippen molar-refractivity contribution < 1.29 is 0 Å². The van der Waals surface area contributed by atoms with Gasteiger partial charge in [-0.3, -0.25) is 9.80 Å². The van der Waals surface area contributed by atoms with Gasteiger partial charge in [-0.25, -0.2) is 0 Å². The summed E-state index contributed by atoms with van der Waals surface area (Å²) >= 11 is 0. The van der Waals surface area contributed by atoms with Crippen molar-refractivity contribution in [3.63, 3.8) is 0 Å². The molecule has 4 rings (SSSR count). The Morgan fingerprint density at radius 2 is 1.59 bits per heavy atom. The first kappa shape index (κ1) is 11.7. The average Bonchev–Trinajstić information content (AvgIpc) is 2.41. The predicted molar refractivity (Wildman–Crippen MR) is 72.1 cm³/mol. The van der Waals surface area contributed by atoms with Crippen LogP contribution in [0.2, 0.25) is 0 Å². The van der Waals surface area contributed by atoms with E-state index in [-0.39, 0.29) is 0 Å². The van der Waals surface area contributed by atoms with Crippen LogP contribution in [0.4, 0.5) is 0 Å².